The smallest absolute Gasteiger partial charge is 0.323 e. The first-order valence-electron chi connectivity index (χ1n) is 4.94. The Morgan fingerprint density at radius 3 is 2.85 bits per heavy atom. The Morgan fingerprint density at radius 1 is 1.54 bits per heavy atom. The molecule has 0 amide bonds. The number of ketones is 1. The normalized spacial score (nSPS) is 27.8. The van der Waals surface area contributed by atoms with Crippen molar-refractivity contribution in [2.75, 3.05) is 0 Å². The van der Waals surface area contributed by atoms with E-state index in [0.717, 1.165) is 12.6 Å². The zero-order chi connectivity index (χ0) is 9.68. The van der Waals surface area contributed by atoms with E-state index in [0.29, 0.717) is 18.3 Å². The average Bonchev–Trinajstić information content (AvgIpc) is 2.09. The second-order valence-corrected chi connectivity index (χ2v) is 3.94. The van der Waals surface area contributed by atoms with E-state index in [1.165, 1.54) is 19.3 Å². The Kier molecular flexibility index (Phi) is 3.84. The van der Waals surface area contributed by atoms with Crippen molar-refractivity contribution in [1.82, 2.24) is 0 Å². The van der Waals surface area contributed by atoms with Crippen molar-refractivity contribution < 1.29 is 9.58 Å². The van der Waals surface area contributed by atoms with Gasteiger partial charge in [0.15, 0.2) is 0 Å². The lowest BCUT2D eigenvalue weighted by Gasteiger charge is -2.27. The second-order valence-electron chi connectivity index (χ2n) is 3.94. The predicted octanol–water partition coefficient (Wildman–Crippen LogP) is 2.07. The minimum Gasteiger partial charge on any atom is -0.361 e. The summed E-state index contributed by atoms with van der Waals surface area (Å²) in [6.07, 6.45) is 6.46. The van der Waals surface area contributed by atoms with Crippen LogP contribution in [0.15, 0.2) is 0 Å². The van der Waals surface area contributed by atoms with Gasteiger partial charge in [0.25, 0.3) is 0 Å². The van der Waals surface area contributed by atoms with Gasteiger partial charge in [-0.25, -0.2) is 0 Å². The highest BCUT2D eigenvalue weighted by Gasteiger charge is 2.23. The quantitative estimate of drug-likeness (QED) is 0.372. The molecule has 0 aromatic rings. The lowest BCUT2D eigenvalue weighted by molar-refractivity contribution is -0.117. The minimum atomic E-state index is -0.0544. The predicted molar refractivity (Wildman–Crippen MR) is 50.4 cm³/mol. The van der Waals surface area contributed by atoms with Gasteiger partial charge in [-0.05, 0) is 18.3 Å². The molecule has 3 heteroatoms. The fraction of sp³-hybridized carbons (Fsp3) is 0.800. The van der Waals surface area contributed by atoms with E-state index in [1.807, 2.05) is 0 Å². The molecule has 0 aromatic heterocycles. The molecular weight excluding hydrogens is 164 g/mol. The van der Waals surface area contributed by atoms with Crippen molar-refractivity contribution in [3.8, 4) is 0 Å². The topological polar surface area (TPSA) is 53.5 Å². The molecule has 2 atom stereocenters. The molecule has 0 aromatic carbocycles. The van der Waals surface area contributed by atoms with Gasteiger partial charge in [0.2, 0.25) is 5.78 Å². The monoisotopic (exact) mass is 180 g/mol. The van der Waals surface area contributed by atoms with Gasteiger partial charge in [0.05, 0.1) is 0 Å². The molecule has 2 unspecified atom stereocenters. The van der Waals surface area contributed by atoms with Crippen LogP contribution in [0.4, 0.5) is 0 Å². The Hall–Kier alpha value is -0.950. The molecular formula is C10H16N2O. The van der Waals surface area contributed by atoms with E-state index in [9.17, 15) is 4.79 Å². The van der Waals surface area contributed by atoms with E-state index >= 15 is 0 Å². The van der Waals surface area contributed by atoms with E-state index < -0.39 is 0 Å². The van der Waals surface area contributed by atoms with E-state index in [1.54, 1.807) is 0 Å². The van der Waals surface area contributed by atoms with Crippen LogP contribution < -0.4 is 0 Å². The number of rotatable bonds is 3. The first-order chi connectivity index (χ1) is 6.24. The molecule has 3 nitrogen and oxygen atoms in total. The molecule has 0 radical (unpaired) electrons. The molecule has 1 fully saturated rings. The van der Waals surface area contributed by atoms with E-state index in [4.69, 9.17) is 5.53 Å². The molecule has 1 saturated carbocycles. The summed E-state index contributed by atoms with van der Waals surface area (Å²) < 4.78 is 0. The minimum absolute atomic E-state index is 0.0544. The lowest BCUT2D eigenvalue weighted by atomic mass is 9.78. The van der Waals surface area contributed by atoms with Crippen LogP contribution >= 0.6 is 0 Å². The van der Waals surface area contributed by atoms with Gasteiger partial charge >= 0.3 is 6.21 Å². The summed E-state index contributed by atoms with van der Waals surface area (Å²) in [6, 6.07) is 0. The van der Waals surface area contributed by atoms with Gasteiger partial charge < -0.3 is 5.53 Å². The largest absolute Gasteiger partial charge is 0.361 e. The highest BCUT2D eigenvalue weighted by Crippen LogP contribution is 2.31. The molecule has 13 heavy (non-hydrogen) atoms. The number of hydrogen-bond acceptors (Lipinski definition) is 1. The highest BCUT2D eigenvalue weighted by molar-refractivity contribution is 6.25. The zero-order valence-corrected chi connectivity index (χ0v) is 8.07. The van der Waals surface area contributed by atoms with Crippen molar-refractivity contribution in [3.63, 3.8) is 0 Å². The molecule has 0 N–H and O–H groups in total. The van der Waals surface area contributed by atoms with Crippen LogP contribution in [-0.2, 0) is 4.79 Å². The van der Waals surface area contributed by atoms with Crippen LogP contribution in [-0.4, -0.2) is 16.8 Å². The van der Waals surface area contributed by atoms with Crippen LogP contribution in [0.5, 0.6) is 0 Å². The molecule has 1 rings (SSSR count). The number of carbonyl (C=O) groups is 1. The maximum Gasteiger partial charge on any atom is 0.323 e. The summed E-state index contributed by atoms with van der Waals surface area (Å²) in [6.45, 7) is 2.20. The third-order valence-corrected chi connectivity index (χ3v) is 2.95. The maximum absolute atomic E-state index is 11.1. The molecule has 0 saturated heterocycles. The SMILES string of the molecule is CC1CCCCC1CC(=O)C=[N+]=[N-]. The van der Waals surface area contributed by atoms with E-state index in [-0.39, 0.29) is 5.78 Å². The molecule has 0 bridgehead atoms. The van der Waals surface area contributed by atoms with Crippen molar-refractivity contribution in [1.29, 1.82) is 0 Å². The fourth-order valence-corrected chi connectivity index (χ4v) is 2.07. The van der Waals surface area contributed by atoms with Crippen LogP contribution in [0.1, 0.15) is 39.0 Å². The fourth-order valence-electron chi connectivity index (χ4n) is 2.07. The first kappa shape index (κ1) is 10.1. The highest BCUT2D eigenvalue weighted by atomic mass is 16.1. The summed E-state index contributed by atoms with van der Waals surface area (Å²) in [5, 5.41) is 0. The Bertz CT molecular complexity index is 231. The summed E-state index contributed by atoms with van der Waals surface area (Å²) in [5.74, 6) is 1.09. The summed E-state index contributed by atoms with van der Waals surface area (Å²) in [5.41, 5.74) is 8.18. The molecule has 0 spiro atoms. The Labute approximate surface area is 78.8 Å². The molecule has 72 valence electrons. The van der Waals surface area contributed by atoms with Gasteiger partial charge in [0.1, 0.15) is 0 Å². The molecule has 0 heterocycles. The number of Topliss-reactive ketones (excluding diaryl/α,β-unsaturated/α-hetero) is 1. The van der Waals surface area contributed by atoms with Crippen LogP contribution in [0.3, 0.4) is 0 Å². The lowest BCUT2D eigenvalue weighted by Crippen LogP contribution is -2.20. The van der Waals surface area contributed by atoms with Crippen LogP contribution in [0.2, 0.25) is 0 Å². The van der Waals surface area contributed by atoms with Crippen LogP contribution in [0.25, 0.3) is 5.53 Å². The standard InChI is InChI=1S/C10H16N2O/c1-8-4-2-3-5-9(8)6-10(13)7-12-11/h7-9H,2-6H2,1H3. The Morgan fingerprint density at radius 2 is 2.23 bits per heavy atom. The van der Waals surface area contributed by atoms with Gasteiger partial charge in [-0.15, -0.1) is 0 Å². The maximum atomic E-state index is 11.1. The van der Waals surface area contributed by atoms with Gasteiger partial charge in [0, 0.05) is 6.42 Å². The van der Waals surface area contributed by atoms with Gasteiger partial charge in [-0.2, -0.15) is 4.79 Å². The third-order valence-electron chi connectivity index (χ3n) is 2.95. The second kappa shape index (κ2) is 4.93. The average molecular weight is 180 g/mol. The summed E-state index contributed by atoms with van der Waals surface area (Å²) in [4.78, 5) is 13.9. The van der Waals surface area contributed by atoms with Gasteiger partial charge in [-0.3, -0.25) is 4.79 Å². The van der Waals surface area contributed by atoms with Crippen molar-refractivity contribution >= 4 is 12.0 Å². The van der Waals surface area contributed by atoms with Crippen molar-refractivity contribution in [2.45, 2.75) is 39.0 Å². The van der Waals surface area contributed by atoms with Gasteiger partial charge in [-0.1, -0.05) is 26.2 Å². The molecule has 0 aliphatic heterocycles. The first-order valence-corrected chi connectivity index (χ1v) is 4.94. The number of nitrogens with zero attached hydrogens (tertiary/aromatic N) is 2. The number of hydrogen-bond donors (Lipinski definition) is 0. The zero-order valence-electron chi connectivity index (χ0n) is 8.07. The van der Waals surface area contributed by atoms with E-state index in [2.05, 4.69) is 11.7 Å². The third kappa shape index (κ3) is 3.11. The summed E-state index contributed by atoms with van der Waals surface area (Å²) >= 11 is 0. The van der Waals surface area contributed by atoms with Crippen molar-refractivity contribution in [3.05, 3.63) is 5.53 Å². The van der Waals surface area contributed by atoms with Crippen molar-refractivity contribution in [2.24, 2.45) is 11.8 Å². The Balaban J connectivity index is 2.42. The number of carbonyl (C=O) groups excluding carboxylic acids is 1. The van der Waals surface area contributed by atoms with Crippen LogP contribution in [0, 0.1) is 11.8 Å². The summed E-state index contributed by atoms with van der Waals surface area (Å²) in [7, 11) is 0. The molecule has 1 aliphatic rings. The molecule has 1 aliphatic carbocycles.